The average Bonchev–Trinajstić information content (AvgIpc) is 3.67. The fraction of sp³-hybridized carbons (Fsp3) is 0.600. The van der Waals surface area contributed by atoms with Gasteiger partial charge in [0.05, 0.1) is 5.92 Å². The van der Waals surface area contributed by atoms with Crippen LogP contribution in [0.3, 0.4) is 0 Å². The molecule has 4 atom stereocenters. The summed E-state index contributed by atoms with van der Waals surface area (Å²) in [6.45, 7) is 22.7. The number of carbonyl (C=O) groups is 1. The molecule has 2 aromatic rings. The highest BCUT2D eigenvalue weighted by molar-refractivity contribution is 7.80. The van der Waals surface area contributed by atoms with Crippen LogP contribution in [0.25, 0.3) is 0 Å². The lowest BCUT2D eigenvalue weighted by atomic mass is 9.82. The summed E-state index contributed by atoms with van der Waals surface area (Å²) in [6, 6.07) is 17.4. The Hall–Kier alpha value is -2.70. The number of rotatable bonds is 9. The standard InChI is InChI=1S/C34H44N4OS.3C2H6/c1-3-36(4-2)21-22-38-30-16-8-6-14-28(30)31(32(38)39)25-12-10-19-37(20-17-25)33(40)35-24-26-11-5-7-15-29(26)34-18-9-13-27(34)23-34;3*1-2/h5-9,11,14-16,18,25,27,31H,3-4,10,12-13,17,19-24H2,1-2H3,(H,35,40);3*1-2H3. The number of likely N-dealkylation sites (tertiary alicyclic amines) is 1. The number of para-hydroxylation sites is 1. The lowest BCUT2D eigenvalue weighted by Gasteiger charge is -2.26. The Kier molecular flexibility index (Phi) is 15.3. The molecule has 2 aliphatic heterocycles. The number of hydrogen-bond acceptors (Lipinski definition) is 3. The minimum Gasteiger partial charge on any atom is -0.358 e. The second-order valence-electron chi connectivity index (χ2n) is 12.1. The molecule has 1 N–H and O–H groups in total. The quantitative estimate of drug-likeness (QED) is 0.218. The number of nitrogens with one attached hydrogen (secondary N) is 1. The van der Waals surface area contributed by atoms with E-state index in [0.717, 1.165) is 81.8 Å². The molecule has 2 aliphatic carbocycles. The molecule has 46 heavy (non-hydrogen) atoms. The number of likely N-dealkylation sites (N-methyl/N-ethyl adjacent to an activating group) is 1. The van der Waals surface area contributed by atoms with Gasteiger partial charge < -0.3 is 20.0 Å². The largest absolute Gasteiger partial charge is 0.358 e. The molecule has 2 aromatic carbocycles. The molecule has 254 valence electrons. The number of hydrogen-bond donors (Lipinski definition) is 1. The van der Waals surface area contributed by atoms with Crippen LogP contribution in [0, 0.1) is 11.8 Å². The van der Waals surface area contributed by atoms with E-state index in [1.165, 1.54) is 29.5 Å². The van der Waals surface area contributed by atoms with Crippen molar-refractivity contribution < 1.29 is 4.79 Å². The molecule has 4 unspecified atom stereocenters. The van der Waals surface area contributed by atoms with Crippen molar-refractivity contribution in [1.82, 2.24) is 15.1 Å². The van der Waals surface area contributed by atoms with Crippen LogP contribution in [0.2, 0.25) is 0 Å². The second-order valence-corrected chi connectivity index (χ2v) is 12.5. The smallest absolute Gasteiger partial charge is 0.234 e. The molecule has 2 fully saturated rings. The molecular weight excluding hydrogens is 585 g/mol. The summed E-state index contributed by atoms with van der Waals surface area (Å²) in [5.74, 6) is 1.40. The van der Waals surface area contributed by atoms with Crippen molar-refractivity contribution in [2.75, 3.05) is 44.2 Å². The highest BCUT2D eigenvalue weighted by atomic mass is 32.1. The van der Waals surface area contributed by atoms with Crippen LogP contribution in [0.1, 0.15) is 110 Å². The Morgan fingerprint density at radius 1 is 0.957 bits per heavy atom. The number of anilines is 1. The number of benzene rings is 2. The Morgan fingerprint density at radius 2 is 1.65 bits per heavy atom. The van der Waals surface area contributed by atoms with Gasteiger partial charge >= 0.3 is 0 Å². The zero-order chi connectivity index (χ0) is 33.7. The fourth-order valence-corrected chi connectivity index (χ4v) is 7.92. The number of carbonyl (C=O) groups excluding carboxylic acids is 1. The molecule has 0 radical (unpaired) electrons. The van der Waals surface area contributed by atoms with Crippen LogP contribution in [0.5, 0.6) is 0 Å². The van der Waals surface area contributed by atoms with E-state index < -0.39 is 0 Å². The monoisotopic (exact) mass is 646 g/mol. The Bertz CT molecular complexity index is 1270. The summed E-state index contributed by atoms with van der Waals surface area (Å²) in [6.07, 6.45) is 10.4. The minimum absolute atomic E-state index is 0.0357. The summed E-state index contributed by atoms with van der Waals surface area (Å²) in [5, 5.41) is 4.45. The number of thiocarbonyl (C=S) groups is 1. The van der Waals surface area contributed by atoms with Crippen LogP contribution in [0.4, 0.5) is 5.69 Å². The van der Waals surface area contributed by atoms with Gasteiger partial charge in [0.25, 0.3) is 0 Å². The van der Waals surface area contributed by atoms with Gasteiger partial charge in [0.1, 0.15) is 0 Å². The summed E-state index contributed by atoms with van der Waals surface area (Å²) >= 11 is 5.93. The van der Waals surface area contributed by atoms with Crippen molar-refractivity contribution >= 4 is 28.9 Å². The maximum atomic E-state index is 13.9. The first-order valence-corrected chi connectivity index (χ1v) is 18.9. The van der Waals surface area contributed by atoms with Crippen molar-refractivity contribution in [3.8, 4) is 0 Å². The number of nitrogens with zero attached hydrogens (tertiary/aromatic N) is 3. The van der Waals surface area contributed by atoms with Crippen LogP contribution in [0.15, 0.2) is 60.7 Å². The van der Waals surface area contributed by atoms with E-state index in [1.807, 2.05) is 41.5 Å². The average molecular weight is 647 g/mol. The lowest BCUT2D eigenvalue weighted by Crippen LogP contribution is -2.40. The molecule has 2 heterocycles. The van der Waals surface area contributed by atoms with Gasteiger partial charge in [-0.2, -0.15) is 0 Å². The molecule has 0 bridgehead atoms. The third-order valence-corrected chi connectivity index (χ3v) is 10.5. The van der Waals surface area contributed by atoms with Crippen LogP contribution < -0.4 is 10.2 Å². The summed E-state index contributed by atoms with van der Waals surface area (Å²) in [7, 11) is 0. The first-order chi connectivity index (χ1) is 22.6. The van der Waals surface area contributed by atoms with Gasteiger partial charge in [-0.05, 0) is 92.0 Å². The first kappa shape index (κ1) is 37.8. The van der Waals surface area contributed by atoms with Crippen molar-refractivity contribution in [1.29, 1.82) is 0 Å². The van der Waals surface area contributed by atoms with Gasteiger partial charge in [-0.15, -0.1) is 0 Å². The second kappa shape index (κ2) is 18.6. The van der Waals surface area contributed by atoms with E-state index in [1.54, 1.807) is 0 Å². The number of amides is 1. The Morgan fingerprint density at radius 3 is 2.33 bits per heavy atom. The first-order valence-electron chi connectivity index (χ1n) is 18.5. The SMILES string of the molecule is CC.CC.CC.CCN(CC)CCN1C(=O)C(C2CCCN(C(=S)NCc3ccccc3C34C=CCC3C4)CC2)c2ccccc21. The van der Waals surface area contributed by atoms with E-state index >= 15 is 0 Å². The number of allylic oxidation sites excluding steroid dienone is 2. The van der Waals surface area contributed by atoms with Gasteiger partial charge in [0.2, 0.25) is 5.91 Å². The zero-order valence-corrected chi connectivity index (χ0v) is 31.0. The van der Waals surface area contributed by atoms with Gasteiger partial charge in [0, 0.05) is 43.8 Å². The topological polar surface area (TPSA) is 38.8 Å². The highest BCUT2D eigenvalue weighted by Gasteiger charge is 2.55. The van der Waals surface area contributed by atoms with E-state index in [0.29, 0.717) is 11.8 Å². The van der Waals surface area contributed by atoms with Gasteiger partial charge in [-0.3, -0.25) is 4.79 Å². The highest BCUT2D eigenvalue weighted by Crippen LogP contribution is 2.61. The van der Waals surface area contributed by atoms with Gasteiger partial charge in [0.15, 0.2) is 5.11 Å². The van der Waals surface area contributed by atoms with E-state index in [-0.39, 0.29) is 11.3 Å². The summed E-state index contributed by atoms with van der Waals surface area (Å²) in [5.41, 5.74) is 5.46. The third kappa shape index (κ3) is 8.23. The Labute approximate surface area is 286 Å². The third-order valence-electron chi connectivity index (χ3n) is 10.1. The lowest BCUT2D eigenvalue weighted by molar-refractivity contribution is -0.120. The molecule has 0 spiro atoms. The maximum Gasteiger partial charge on any atom is 0.234 e. The van der Waals surface area contributed by atoms with Gasteiger partial charge in [-0.1, -0.05) is 110 Å². The normalized spacial score (nSPS) is 23.9. The van der Waals surface area contributed by atoms with Crippen LogP contribution in [-0.4, -0.2) is 60.1 Å². The molecule has 1 saturated heterocycles. The predicted molar refractivity (Wildman–Crippen MR) is 202 cm³/mol. The molecule has 6 heteroatoms. The molecule has 1 saturated carbocycles. The predicted octanol–water partition coefficient (Wildman–Crippen LogP) is 8.93. The molecule has 6 rings (SSSR count). The van der Waals surface area contributed by atoms with Crippen molar-refractivity contribution in [3.63, 3.8) is 0 Å². The van der Waals surface area contributed by atoms with Crippen LogP contribution >= 0.6 is 12.2 Å². The summed E-state index contributed by atoms with van der Waals surface area (Å²) in [4.78, 5) is 20.7. The molecular formula is C40H62N4OS. The molecule has 1 amide bonds. The van der Waals surface area contributed by atoms with E-state index in [9.17, 15) is 4.79 Å². The summed E-state index contributed by atoms with van der Waals surface area (Å²) < 4.78 is 0. The zero-order valence-electron chi connectivity index (χ0n) is 30.1. The molecule has 4 aliphatic rings. The van der Waals surface area contributed by atoms with Crippen molar-refractivity contribution in [3.05, 3.63) is 77.4 Å². The van der Waals surface area contributed by atoms with Gasteiger partial charge in [-0.25, -0.2) is 0 Å². The molecule has 0 aromatic heterocycles. The number of fused-ring (bicyclic) bond motifs is 2. The fourth-order valence-electron chi connectivity index (χ4n) is 7.66. The Balaban J connectivity index is 0.000000908. The maximum absolute atomic E-state index is 13.9. The van der Waals surface area contributed by atoms with Crippen molar-refractivity contribution in [2.24, 2.45) is 11.8 Å². The minimum atomic E-state index is -0.0357. The van der Waals surface area contributed by atoms with E-state index in [2.05, 4.69) is 94.5 Å². The van der Waals surface area contributed by atoms with Crippen molar-refractivity contribution in [2.45, 2.75) is 105 Å². The van der Waals surface area contributed by atoms with Crippen LogP contribution in [-0.2, 0) is 16.8 Å². The van der Waals surface area contributed by atoms with E-state index in [4.69, 9.17) is 12.2 Å². The molecule has 5 nitrogen and oxygen atoms in total.